The highest BCUT2D eigenvalue weighted by molar-refractivity contribution is 7.91. The fourth-order valence-electron chi connectivity index (χ4n) is 2.86. The molecule has 138 valence electrons. The second-order valence-corrected chi connectivity index (χ2v) is 8.23. The van der Waals surface area contributed by atoms with Crippen LogP contribution in [-0.4, -0.2) is 38.0 Å². The number of nitrogens with two attached hydrogens (primary N) is 1. The molecule has 1 aromatic rings. The number of ketones is 1. The van der Waals surface area contributed by atoms with Gasteiger partial charge in [-0.25, -0.2) is 13.6 Å². The summed E-state index contributed by atoms with van der Waals surface area (Å²) in [6.45, 7) is 0. The largest absolute Gasteiger partial charge is 0.496 e. The zero-order valence-corrected chi connectivity index (χ0v) is 15.1. The molecular formula is C18H20N2O5S. The van der Waals surface area contributed by atoms with Gasteiger partial charge in [-0.2, -0.15) is 0 Å². The maximum Gasteiger partial charge on any atom is 0.251 e. The monoisotopic (exact) mass is 376 g/mol. The minimum Gasteiger partial charge on any atom is -0.496 e. The van der Waals surface area contributed by atoms with E-state index >= 15 is 0 Å². The minimum absolute atomic E-state index is 0.118. The van der Waals surface area contributed by atoms with Gasteiger partial charge in [0, 0.05) is 11.6 Å². The Labute approximate surface area is 152 Å². The summed E-state index contributed by atoms with van der Waals surface area (Å²) in [5, 5.41) is 8.24. The van der Waals surface area contributed by atoms with Crippen LogP contribution in [0.4, 0.5) is 0 Å². The van der Waals surface area contributed by atoms with Crippen molar-refractivity contribution in [3.63, 3.8) is 0 Å². The Morgan fingerprint density at radius 1 is 1.27 bits per heavy atom. The molecule has 2 aliphatic carbocycles. The van der Waals surface area contributed by atoms with Gasteiger partial charge in [-0.1, -0.05) is 30.4 Å². The van der Waals surface area contributed by atoms with E-state index in [4.69, 9.17) is 9.88 Å². The van der Waals surface area contributed by atoms with Crippen LogP contribution < -0.4 is 15.2 Å². The quantitative estimate of drug-likeness (QED) is 0.721. The van der Waals surface area contributed by atoms with Gasteiger partial charge in [-0.15, -0.1) is 0 Å². The van der Waals surface area contributed by atoms with E-state index in [9.17, 15) is 18.0 Å². The van der Waals surface area contributed by atoms with Crippen LogP contribution in [0.5, 0.6) is 5.75 Å². The van der Waals surface area contributed by atoms with Crippen molar-refractivity contribution in [2.24, 2.45) is 5.14 Å². The number of rotatable bonds is 6. The Balaban J connectivity index is 1.95. The molecule has 1 fully saturated rings. The van der Waals surface area contributed by atoms with Gasteiger partial charge < -0.3 is 10.1 Å². The molecule has 1 aromatic carbocycles. The molecule has 1 saturated carbocycles. The first-order valence-corrected chi connectivity index (χ1v) is 9.73. The number of hydrogen-bond acceptors (Lipinski definition) is 5. The zero-order chi connectivity index (χ0) is 18.9. The first kappa shape index (κ1) is 18.3. The minimum atomic E-state index is -4.29. The number of nitrogens with one attached hydrogen (secondary N) is 1. The van der Waals surface area contributed by atoms with Gasteiger partial charge in [-0.3, -0.25) is 9.59 Å². The Bertz CT molecular complexity index is 915. The third kappa shape index (κ3) is 3.30. The second-order valence-electron chi connectivity index (χ2n) is 6.41. The van der Waals surface area contributed by atoms with Crippen molar-refractivity contribution < 1.29 is 22.7 Å². The first-order valence-electron chi connectivity index (χ1n) is 8.19. The standard InChI is InChI=1S/C18H20N2O5S/c1-25-15-5-3-2-4-14(15)16(21)18(26(19,23)24)10-8-12(9-11-18)17(22)20-13-6-7-13/h2-5,8-10,13H,6-7,11H2,1H3,(H,20,22)(H2,19,23,24). The molecule has 1 unspecified atom stereocenters. The molecule has 7 nitrogen and oxygen atoms in total. The predicted molar refractivity (Wildman–Crippen MR) is 96.2 cm³/mol. The smallest absolute Gasteiger partial charge is 0.251 e. The van der Waals surface area contributed by atoms with E-state index in [2.05, 4.69) is 5.32 Å². The van der Waals surface area contributed by atoms with Gasteiger partial charge in [0.2, 0.25) is 10.0 Å². The molecule has 3 rings (SSSR count). The molecule has 0 aliphatic heterocycles. The van der Waals surface area contributed by atoms with Crippen LogP contribution in [0.25, 0.3) is 0 Å². The third-order valence-corrected chi connectivity index (χ3v) is 6.08. The number of primary sulfonamides is 1. The van der Waals surface area contributed by atoms with Crippen molar-refractivity contribution in [1.82, 2.24) is 5.32 Å². The molecule has 3 N–H and O–H groups in total. The lowest BCUT2D eigenvalue weighted by molar-refractivity contribution is -0.117. The zero-order valence-electron chi connectivity index (χ0n) is 14.3. The van der Waals surface area contributed by atoms with Gasteiger partial charge in [0.25, 0.3) is 5.91 Å². The molecule has 2 aliphatic rings. The Morgan fingerprint density at radius 2 is 1.96 bits per heavy atom. The highest BCUT2D eigenvalue weighted by Crippen LogP contribution is 2.34. The molecule has 26 heavy (non-hydrogen) atoms. The van der Waals surface area contributed by atoms with E-state index in [1.807, 2.05) is 0 Å². The predicted octanol–water partition coefficient (Wildman–Crippen LogP) is 1.07. The number of benzene rings is 1. The summed E-state index contributed by atoms with van der Waals surface area (Å²) in [7, 11) is -2.89. The maximum absolute atomic E-state index is 13.1. The highest BCUT2D eigenvalue weighted by atomic mass is 32.2. The summed E-state index contributed by atoms with van der Waals surface area (Å²) in [4.78, 5) is 25.2. The van der Waals surface area contributed by atoms with Crippen LogP contribution in [0.2, 0.25) is 0 Å². The number of allylic oxidation sites excluding steroid dienone is 1. The number of sulfonamides is 1. The lowest BCUT2D eigenvalue weighted by Crippen LogP contribution is -2.49. The van der Waals surface area contributed by atoms with Crippen LogP contribution in [-0.2, 0) is 14.8 Å². The van der Waals surface area contributed by atoms with Crippen LogP contribution in [0.15, 0.2) is 48.1 Å². The van der Waals surface area contributed by atoms with E-state index in [-0.39, 0.29) is 29.7 Å². The van der Waals surface area contributed by atoms with Crippen molar-refractivity contribution in [3.8, 4) is 5.75 Å². The number of ether oxygens (including phenoxy) is 1. The van der Waals surface area contributed by atoms with Gasteiger partial charge >= 0.3 is 0 Å². The molecule has 0 radical (unpaired) electrons. The van der Waals surface area contributed by atoms with Crippen molar-refractivity contribution in [2.45, 2.75) is 30.1 Å². The average molecular weight is 376 g/mol. The van der Waals surface area contributed by atoms with Crippen molar-refractivity contribution >= 4 is 21.7 Å². The molecule has 0 aromatic heterocycles. The highest BCUT2D eigenvalue weighted by Gasteiger charge is 2.48. The van der Waals surface area contributed by atoms with E-state index in [0.717, 1.165) is 12.8 Å². The Morgan fingerprint density at radius 3 is 2.50 bits per heavy atom. The number of carbonyl (C=O) groups excluding carboxylic acids is 2. The van der Waals surface area contributed by atoms with Gasteiger partial charge in [0.05, 0.1) is 12.7 Å². The lowest BCUT2D eigenvalue weighted by Gasteiger charge is -2.29. The molecule has 0 saturated heterocycles. The summed E-state index contributed by atoms with van der Waals surface area (Å²) in [6.07, 6.45) is 5.66. The summed E-state index contributed by atoms with van der Waals surface area (Å²) in [6, 6.07) is 6.53. The second kappa shape index (κ2) is 6.69. The van der Waals surface area contributed by atoms with Crippen molar-refractivity contribution in [3.05, 3.63) is 53.6 Å². The Hall–Kier alpha value is -2.45. The van der Waals surface area contributed by atoms with Crippen molar-refractivity contribution in [1.29, 1.82) is 0 Å². The Kier molecular flexibility index (Phi) is 4.72. The topological polar surface area (TPSA) is 116 Å². The summed E-state index contributed by atoms with van der Waals surface area (Å²) >= 11 is 0. The summed E-state index contributed by atoms with van der Waals surface area (Å²) < 4.78 is 27.8. The van der Waals surface area contributed by atoms with Crippen LogP contribution >= 0.6 is 0 Å². The first-order chi connectivity index (χ1) is 12.3. The van der Waals surface area contributed by atoms with E-state index in [1.165, 1.54) is 31.4 Å². The number of carbonyl (C=O) groups is 2. The number of amides is 1. The number of Topliss-reactive ketones (excluding diaryl/α,β-unsaturated/α-hetero) is 1. The lowest BCUT2D eigenvalue weighted by atomic mass is 9.88. The number of hydrogen-bond donors (Lipinski definition) is 2. The normalized spacial score (nSPS) is 22.5. The molecule has 0 heterocycles. The molecule has 1 atom stereocenters. The van der Waals surface area contributed by atoms with E-state index in [1.54, 1.807) is 18.2 Å². The number of para-hydroxylation sites is 1. The molecule has 0 spiro atoms. The third-order valence-electron chi connectivity index (χ3n) is 4.58. The fourth-order valence-corrected chi connectivity index (χ4v) is 3.80. The van der Waals surface area contributed by atoms with Crippen LogP contribution in [0.1, 0.15) is 29.6 Å². The van der Waals surface area contributed by atoms with Gasteiger partial charge in [0.1, 0.15) is 5.75 Å². The SMILES string of the molecule is COc1ccccc1C(=O)C1(S(N)(=O)=O)C=CC(C(=O)NC2CC2)=CC1. The van der Waals surface area contributed by atoms with E-state index < -0.39 is 20.6 Å². The van der Waals surface area contributed by atoms with Gasteiger partial charge in [0.15, 0.2) is 10.5 Å². The summed E-state index contributed by atoms with van der Waals surface area (Å²) in [5.41, 5.74) is 0.442. The molecule has 0 bridgehead atoms. The van der Waals surface area contributed by atoms with Gasteiger partial charge in [-0.05, 0) is 31.4 Å². The molecular weight excluding hydrogens is 356 g/mol. The summed E-state index contributed by atoms with van der Waals surface area (Å²) in [5.74, 6) is -0.710. The fraction of sp³-hybridized carbons (Fsp3) is 0.333. The maximum atomic E-state index is 13.1. The average Bonchev–Trinajstić information content (AvgIpc) is 3.44. The van der Waals surface area contributed by atoms with E-state index in [0.29, 0.717) is 5.57 Å². The number of methoxy groups -OCH3 is 1. The van der Waals surface area contributed by atoms with Crippen LogP contribution in [0, 0.1) is 0 Å². The van der Waals surface area contributed by atoms with Crippen LogP contribution in [0.3, 0.4) is 0 Å². The molecule has 1 amide bonds. The van der Waals surface area contributed by atoms with Crippen molar-refractivity contribution in [2.75, 3.05) is 7.11 Å². The molecule has 8 heteroatoms.